The normalized spacial score (nSPS) is 10.6. The van der Waals surface area contributed by atoms with Crippen LogP contribution in [-0.4, -0.2) is 15.7 Å². The number of carbonyl (C=O) groups is 1. The first-order chi connectivity index (χ1) is 11.0. The van der Waals surface area contributed by atoms with Crippen molar-refractivity contribution in [1.82, 2.24) is 9.78 Å². The predicted molar refractivity (Wildman–Crippen MR) is 82.6 cm³/mol. The van der Waals surface area contributed by atoms with Crippen molar-refractivity contribution in [3.8, 4) is 5.69 Å². The molecule has 1 N–H and O–H groups in total. The van der Waals surface area contributed by atoms with E-state index in [4.69, 9.17) is 0 Å². The smallest absolute Gasteiger partial charge is 0.259 e. The van der Waals surface area contributed by atoms with E-state index in [9.17, 15) is 13.6 Å². The number of aryl methyl sites for hydroxylation is 1. The minimum Gasteiger partial charge on any atom is -0.306 e. The zero-order valence-corrected chi connectivity index (χ0v) is 12.3. The van der Waals surface area contributed by atoms with E-state index in [1.165, 1.54) is 0 Å². The molecular weight excluding hydrogens is 300 g/mol. The molecule has 0 aliphatic rings. The first kappa shape index (κ1) is 14.9. The SMILES string of the molecule is Cc1cc(NC(=O)c2ccc(F)cc2F)n(-c2ccccc2)n1. The lowest BCUT2D eigenvalue weighted by Crippen LogP contribution is -2.16. The highest BCUT2D eigenvalue weighted by Gasteiger charge is 2.16. The molecular formula is C17H13F2N3O. The standard InChI is InChI=1S/C17H13F2N3O/c1-11-9-16(22(21-11)13-5-3-2-4-6-13)20-17(23)14-8-7-12(18)10-15(14)19/h2-10H,1H3,(H,20,23). The van der Waals surface area contributed by atoms with Crippen LogP contribution in [-0.2, 0) is 0 Å². The summed E-state index contributed by atoms with van der Waals surface area (Å²) in [5, 5.41) is 6.92. The van der Waals surface area contributed by atoms with Gasteiger partial charge in [0, 0.05) is 12.1 Å². The van der Waals surface area contributed by atoms with E-state index in [2.05, 4.69) is 10.4 Å². The largest absolute Gasteiger partial charge is 0.306 e. The van der Waals surface area contributed by atoms with Gasteiger partial charge in [-0.3, -0.25) is 4.79 Å². The zero-order chi connectivity index (χ0) is 16.4. The minimum atomic E-state index is -0.912. The average molecular weight is 313 g/mol. The molecule has 0 aliphatic heterocycles. The van der Waals surface area contributed by atoms with Gasteiger partial charge >= 0.3 is 0 Å². The van der Waals surface area contributed by atoms with Crippen LogP contribution in [0.5, 0.6) is 0 Å². The molecule has 0 spiro atoms. The van der Waals surface area contributed by atoms with Gasteiger partial charge in [-0.1, -0.05) is 18.2 Å². The van der Waals surface area contributed by atoms with Crippen LogP contribution in [0.2, 0.25) is 0 Å². The highest BCUT2D eigenvalue weighted by Crippen LogP contribution is 2.18. The van der Waals surface area contributed by atoms with E-state index in [0.717, 1.165) is 17.8 Å². The maximum absolute atomic E-state index is 13.7. The number of carbonyl (C=O) groups excluding carboxylic acids is 1. The van der Waals surface area contributed by atoms with Crippen LogP contribution in [0.25, 0.3) is 5.69 Å². The molecule has 3 aromatic rings. The number of amides is 1. The molecule has 0 unspecified atom stereocenters. The molecule has 3 rings (SSSR count). The summed E-state index contributed by atoms with van der Waals surface area (Å²) in [5.41, 5.74) is 1.23. The van der Waals surface area contributed by atoms with E-state index < -0.39 is 17.5 Å². The van der Waals surface area contributed by atoms with Crippen molar-refractivity contribution in [2.75, 3.05) is 5.32 Å². The van der Waals surface area contributed by atoms with Crippen LogP contribution in [0.4, 0.5) is 14.6 Å². The Labute approximate surface area is 131 Å². The number of para-hydroxylation sites is 1. The Morgan fingerprint density at radius 1 is 1.09 bits per heavy atom. The number of hydrogen-bond acceptors (Lipinski definition) is 2. The predicted octanol–water partition coefficient (Wildman–Crippen LogP) is 3.71. The summed E-state index contributed by atoms with van der Waals surface area (Å²) >= 11 is 0. The van der Waals surface area contributed by atoms with E-state index in [0.29, 0.717) is 17.6 Å². The summed E-state index contributed by atoms with van der Waals surface area (Å²) in [6, 6.07) is 13.7. The fourth-order valence-electron chi connectivity index (χ4n) is 2.21. The van der Waals surface area contributed by atoms with E-state index in [-0.39, 0.29) is 5.56 Å². The second-order valence-electron chi connectivity index (χ2n) is 5.00. The molecule has 23 heavy (non-hydrogen) atoms. The van der Waals surface area contributed by atoms with Crippen LogP contribution in [0.1, 0.15) is 16.1 Å². The molecule has 0 fully saturated rings. The van der Waals surface area contributed by atoms with Gasteiger partial charge in [-0.25, -0.2) is 13.5 Å². The lowest BCUT2D eigenvalue weighted by Gasteiger charge is -2.09. The Bertz CT molecular complexity index is 860. The zero-order valence-electron chi connectivity index (χ0n) is 12.3. The second-order valence-corrected chi connectivity index (χ2v) is 5.00. The van der Waals surface area contributed by atoms with Gasteiger partial charge < -0.3 is 5.32 Å². The van der Waals surface area contributed by atoms with Gasteiger partial charge in [-0.2, -0.15) is 5.10 Å². The molecule has 4 nitrogen and oxygen atoms in total. The average Bonchev–Trinajstić information content (AvgIpc) is 2.88. The Morgan fingerprint density at radius 2 is 1.83 bits per heavy atom. The quantitative estimate of drug-likeness (QED) is 0.801. The number of benzene rings is 2. The van der Waals surface area contributed by atoms with Crippen molar-refractivity contribution in [3.05, 3.63) is 77.5 Å². The van der Waals surface area contributed by atoms with E-state index >= 15 is 0 Å². The first-order valence-corrected chi connectivity index (χ1v) is 6.93. The molecule has 0 saturated carbocycles. The Kier molecular flexibility index (Phi) is 3.89. The third kappa shape index (κ3) is 3.11. The lowest BCUT2D eigenvalue weighted by atomic mass is 10.2. The maximum atomic E-state index is 13.7. The summed E-state index contributed by atoms with van der Waals surface area (Å²) in [7, 11) is 0. The van der Waals surface area contributed by atoms with E-state index in [1.807, 2.05) is 30.3 Å². The molecule has 0 bridgehead atoms. The summed E-state index contributed by atoms with van der Waals surface area (Å²) in [6.07, 6.45) is 0. The highest BCUT2D eigenvalue weighted by atomic mass is 19.1. The molecule has 1 amide bonds. The van der Waals surface area contributed by atoms with E-state index in [1.54, 1.807) is 17.7 Å². The molecule has 2 aromatic carbocycles. The monoisotopic (exact) mass is 313 g/mol. The number of halogens is 2. The fourth-order valence-corrected chi connectivity index (χ4v) is 2.21. The van der Waals surface area contributed by atoms with Gasteiger partial charge in [-0.05, 0) is 31.2 Å². The summed E-state index contributed by atoms with van der Waals surface area (Å²) in [4.78, 5) is 12.2. The van der Waals surface area contributed by atoms with Gasteiger partial charge in [0.1, 0.15) is 17.5 Å². The summed E-state index contributed by atoms with van der Waals surface area (Å²) < 4.78 is 28.2. The van der Waals surface area contributed by atoms with Crippen LogP contribution in [0, 0.1) is 18.6 Å². The van der Waals surface area contributed by atoms with Crippen molar-refractivity contribution in [1.29, 1.82) is 0 Å². The number of nitrogens with one attached hydrogen (secondary N) is 1. The maximum Gasteiger partial charge on any atom is 0.259 e. The molecule has 116 valence electrons. The minimum absolute atomic E-state index is 0.232. The third-order valence-corrected chi connectivity index (χ3v) is 3.25. The van der Waals surface area contributed by atoms with Crippen molar-refractivity contribution in [2.45, 2.75) is 6.92 Å². The molecule has 0 radical (unpaired) electrons. The van der Waals surface area contributed by atoms with Gasteiger partial charge in [-0.15, -0.1) is 0 Å². The lowest BCUT2D eigenvalue weighted by molar-refractivity contribution is 0.102. The van der Waals surface area contributed by atoms with Gasteiger partial charge in [0.25, 0.3) is 5.91 Å². The van der Waals surface area contributed by atoms with Crippen molar-refractivity contribution < 1.29 is 13.6 Å². The molecule has 6 heteroatoms. The number of hydrogen-bond donors (Lipinski definition) is 1. The van der Waals surface area contributed by atoms with Crippen molar-refractivity contribution in [2.24, 2.45) is 0 Å². The first-order valence-electron chi connectivity index (χ1n) is 6.93. The topological polar surface area (TPSA) is 46.9 Å². The molecule has 1 heterocycles. The van der Waals surface area contributed by atoms with Gasteiger partial charge in [0.15, 0.2) is 0 Å². The van der Waals surface area contributed by atoms with Crippen LogP contribution in [0.15, 0.2) is 54.6 Å². The highest BCUT2D eigenvalue weighted by molar-refractivity contribution is 6.04. The molecule has 0 saturated heterocycles. The third-order valence-electron chi connectivity index (χ3n) is 3.25. The molecule has 0 aliphatic carbocycles. The number of nitrogens with zero attached hydrogens (tertiary/aromatic N) is 2. The van der Waals surface area contributed by atoms with Crippen LogP contribution >= 0.6 is 0 Å². The van der Waals surface area contributed by atoms with Crippen molar-refractivity contribution in [3.63, 3.8) is 0 Å². The van der Waals surface area contributed by atoms with Gasteiger partial charge in [0.05, 0.1) is 16.9 Å². The fraction of sp³-hybridized carbons (Fsp3) is 0.0588. The van der Waals surface area contributed by atoms with Gasteiger partial charge in [0.2, 0.25) is 0 Å². The second kappa shape index (κ2) is 6.00. The number of aromatic nitrogens is 2. The van der Waals surface area contributed by atoms with Crippen LogP contribution < -0.4 is 5.32 Å². The van der Waals surface area contributed by atoms with Crippen molar-refractivity contribution >= 4 is 11.7 Å². The Balaban J connectivity index is 1.93. The number of rotatable bonds is 3. The Hall–Kier alpha value is -3.02. The molecule has 1 aromatic heterocycles. The Morgan fingerprint density at radius 3 is 2.52 bits per heavy atom. The van der Waals surface area contributed by atoms with Crippen LogP contribution in [0.3, 0.4) is 0 Å². The summed E-state index contributed by atoms with van der Waals surface area (Å²) in [5.74, 6) is -1.91. The summed E-state index contributed by atoms with van der Waals surface area (Å²) in [6.45, 7) is 1.79. The molecule has 0 atom stereocenters. The number of anilines is 1.